The van der Waals surface area contributed by atoms with Gasteiger partial charge in [0.15, 0.2) is 0 Å². The van der Waals surface area contributed by atoms with Crippen molar-refractivity contribution >= 4 is 45.2 Å². The third-order valence-electron chi connectivity index (χ3n) is 17.7. The fourth-order valence-electron chi connectivity index (χ4n) is 13.0. The van der Waals surface area contributed by atoms with E-state index in [1.807, 2.05) is 18.2 Å². The van der Waals surface area contributed by atoms with Crippen LogP contribution in [0.4, 0.5) is 28.4 Å². The Morgan fingerprint density at radius 1 is 0.720 bits per heavy atom. The Morgan fingerprint density at radius 3 is 2.04 bits per heavy atom. The molecule has 4 aromatic carbocycles. The monoisotopic (exact) mass is 1080 g/mol. The van der Waals surface area contributed by atoms with Gasteiger partial charge in [-0.1, -0.05) is 201 Å². The molecule has 9 rings (SSSR count). The average molecular weight is 1080 g/mol. The second kappa shape index (κ2) is 22.9. The summed E-state index contributed by atoms with van der Waals surface area (Å²) >= 11 is 0. The fraction of sp³-hybridized carbons (Fsp3) is 0.329. The highest BCUT2D eigenvalue weighted by atomic mass is 15.2. The van der Waals surface area contributed by atoms with Crippen LogP contribution in [0.2, 0.25) is 0 Å². The van der Waals surface area contributed by atoms with Crippen LogP contribution < -0.4 is 15.1 Å². The van der Waals surface area contributed by atoms with E-state index in [-0.39, 0.29) is 27.1 Å². The van der Waals surface area contributed by atoms with Gasteiger partial charge in [-0.15, -0.1) is 18.6 Å². The van der Waals surface area contributed by atoms with E-state index in [0.717, 1.165) is 59.1 Å². The maximum Gasteiger partial charge on any atom is 0.0469 e. The zero-order chi connectivity index (χ0) is 59.9. The molecule has 3 heteroatoms. The lowest BCUT2D eigenvalue weighted by atomic mass is 9.71. The van der Waals surface area contributed by atoms with E-state index in [0.29, 0.717) is 0 Å². The van der Waals surface area contributed by atoms with Crippen LogP contribution in [0, 0.1) is 23.7 Å². The first kappa shape index (κ1) is 60.3. The molecule has 5 aliphatic carbocycles. The number of fused-ring (bicyclic) bond motifs is 7. The number of hydrogen-bond acceptors (Lipinski definition) is 3. The van der Waals surface area contributed by atoms with Crippen molar-refractivity contribution in [3.05, 3.63) is 255 Å². The van der Waals surface area contributed by atoms with E-state index in [9.17, 15) is 0 Å². The molecule has 422 valence electrons. The number of benzene rings is 4. The van der Waals surface area contributed by atoms with E-state index in [4.69, 9.17) is 0 Å². The van der Waals surface area contributed by atoms with E-state index in [1.165, 1.54) is 78.0 Å². The van der Waals surface area contributed by atoms with Crippen molar-refractivity contribution in [2.45, 2.75) is 152 Å². The van der Waals surface area contributed by atoms with Crippen molar-refractivity contribution in [3.63, 3.8) is 0 Å². The van der Waals surface area contributed by atoms with Gasteiger partial charge in [0.05, 0.1) is 0 Å². The SMILES string of the molecule is C#C.C=C/C=C\C1=C2CC(C)(C)C/C=C(N(c3ccc(C(C)(C)C)cc3)c3ccc4c(c3)C3=C(C=CC=C=C3)C4(C)C)\C=C2\c2cc(N(/C(C)=C/C=C(\C=C)C(C)(C)C)c3ccc4c(c3)C(C)(C)CC=C4/C=C\C)cc(c2NC)C1(C)C. The summed E-state index contributed by atoms with van der Waals surface area (Å²) in [5.41, 5.74) is 28.4. The minimum atomic E-state index is -0.446. The van der Waals surface area contributed by atoms with E-state index < -0.39 is 5.41 Å². The molecule has 0 saturated heterocycles. The van der Waals surface area contributed by atoms with Gasteiger partial charge in [-0.05, 0) is 200 Å². The summed E-state index contributed by atoms with van der Waals surface area (Å²) in [6, 6.07) is 28.6. The summed E-state index contributed by atoms with van der Waals surface area (Å²) in [7, 11) is 2.11. The minimum absolute atomic E-state index is 0.00181. The molecule has 0 heterocycles. The first-order chi connectivity index (χ1) is 38.7. The molecule has 1 N–H and O–H groups in total. The van der Waals surface area contributed by atoms with Crippen molar-refractivity contribution in [2.24, 2.45) is 10.8 Å². The molecule has 5 aliphatic rings. The number of terminal acetylenes is 1. The van der Waals surface area contributed by atoms with Gasteiger partial charge in [-0.2, -0.15) is 0 Å². The Kier molecular flexibility index (Phi) is 16.8. The molecule has 2 bridgehead atoms. The van der Waals surface area contributed by atoms with Gasteiger partial charge in [-0.3, -0.25) is 0 Å². The smallest absolute Gasteiger partial charge is 0.0469 e. The molecule has 0 aliphatic heterocycles. The lowest BCUT2D eigenvalue weighted by Gasteiger charge is -2.35. The van der Waals surface area contributed by atoms with E-state index >= 15 is 0 Å². The molecule has 0 saturated carbocycles. The molecule has 3 nitrogen and oxygen atoms in total. The van der Waals surface area contributed by atoms with Crippen LogP contribution in [0.1, 0.15) is 169 Å². The molecular weight excluding hydrogens is 991 g/mol. The van der Waals surface area contributed by atoms with Gasteiger partial charge >= 0.3 is 0 Å². The van der Waals surface area contributed by atoms with E-state index in [2.05, 4.69) is 310 Å². The van der Waals surface area contributed by atoms with Crippen LogP contribution in [0.3, 0.4) is 0 Å². The summed E-state index contributed by atoms with van der Waals surface area (Å²) in [6.07, 6.45) is 44.2. The Morgan fingerprint density at radius 2 is 1.39 bits per heavy atom. The third kappa shape index (κ3) is 11.4. The average Bonchev–Trinajstić information content (AvgIpc) is 2.06. The van der Waals surface area contributed by atoms with Crippen LogP contribution in [-0.2, 0) is 21.7 Å². The molecule has 82 heavy (non-hydrogen) atoms. The normalized spacial score (nSPS) is 19.8. The topological polar surface area (TPSA) is 18.5 Å². The highest BCUT2D eigenvalue weighted by Crippen LogP contribution is 2.56. The lowest BCUT2D eigenvalue weighted by Crippen LogP contribution is -2.25. The first-order valence-electron chi connectivity index (χ1n) is 29.5. The van der Waals surface area contributed by atoms with Crippen LogP contribution in [-0.4, -0.2) is 7.05 Å². The summed E-state index contributed by atoms with van der Waals surface area (Å²) in [4.78, 5) is 5.03. The first-order valence-corrected chi connectivity index (χ1v) is 29.5. The summed E-state index contributed by atoms with van der Waals surface area (Å²) in [5, 5.41) is 3.86. The van der Waals surface area contributed by atoms with Crippen LogP contribution in [0.15, 0.2) is 217 Å². The minimum Gasteiger partial charge on any atom is -0.387 e. The van der Waals surface area contributed by atoms with E-state index in [1.54, 1.807) is 0 Å². The fourth-order valence-corrected chi connectivity index (χ4v) is 13.0. The van der Waals surface area contributed by atoms with Gasteiger partial charge in [0, 0.05) is 63.3 Å². The van der Waals surface area contributed by atoms with Crippen molar-refractivity contribution in [1.82, 2.24) is 0 Å². The highest BCUT2D eigenvalue weighted by Gasteiger charge is 2.41. The van der Waals surface area contributed by atoms with Crippen molar-refractivity contribution < 1.29 is 0 Å². The summed E-state index contributed by atoms with van der Waals surface area (Å²) in [6.45, 7) is 45.8. The van der Waals surface area contributed by atoms with Gasteiger partial charge in [0.2, 0.25) is 0 Å². The van der Waals surface area contributed by atoms with Gasteiger partial charge in [0.1, 0.15) is 0 Å². The van der Waals surface area contributed by atoms with Crippen LogP contribution in [0.5, 0.6) is 0 Å². The Hall–Kier alpha value is -7.76. The molecule has 0 amide bonds. The molecule has 0 radical (unpaired) electrons. The van der Waals surface area contributed by atoms with Crippen LogP contribution in [0.25, 0.3) is 16.7 Å². The largest absolute Gasteiger partial charge is 0.387 e. The number of nitrogens with zero attached hydrogens (tertiary/aromatic N) is 2. The quantitative estimate of drug-likeness (QED) is 0.0867. The molecule has 0 aromatic heterocycles. The predicted octanol–water partition coefficient (Wildman–Crippen LogP) is 21.7. The Labute approximate surface area is 495 Å². The number of anilines is 5. The van der Waals surface area contributed by atoms with Gasteiger partial charge < -0.3 is 15.1 Å². The number of allylic oxidation sites excluding steroid dienone is 22. The number of nitrogens with one attached hydrogen (secondary N) is 1. The maximum absolute atomic E-state index is 4.27. The predicted molar refractivity (Wildman–Crippen MR) is 360 cm³/mol. The second-order valence-electron chi connectivity index (χ2n) is 27.4. The number of hydrogen-bond donors (Lipinski definition) is 1. The Balaban J connectivity index is 0.00000435. The van der Waals surface area contributed by atoms with Gasteiger partial charge in [0.25, 0.3) is 0 Å². The second-order valence-corrected chi connectivity index (χ2v) is 27.4. The van der Waals surface area contributed by atoms with Crippen molar-refractivity contribution in [3.8, 4) is 12.8 Å². The molecule has 0 atom stereocenters. The summed E-state index contributed by atoms with van der Waals surface area (Å²) in [5.74, 6) is 0. The van der Waals surface area contributed by atoms with Crippen LogP contribution >= 0.6 is 0 Å². The molecule has 4 aromatic rings. The maximum atomic E-state index is 4.27. The third-order valence-corrected chi connectivity index (χ3v) is 17.7. The lowest BCUT2D eigenvalue weighted by molar-refractivity contribution is 0.367. The Bertz CT molecular complexity index is 3630. The highest BCUT2D eigenvalue weighted by molar-refractivity contribution is 5.96. The van der Waals surface area contributed by atoms with Crippen molar-refractivity contribution in [1.29, 1.82) is 0 Å². The standard InChI is InChI=1S/C77H89N3.C2H2/c1-20-23-29-67-65-50-74(11,12)43-42-58(80(55-35-33-54(34-36-55)73(8,9)10)56-38-40-68-63(46-56)61-28-25-24-26-30-66(61)76(68,15)16)45-62(65)64-47-59(49-70(71(64)78-19)77(67,17)18)79(51(4)31-32-53(22-3)72(5,6)7)57-37-39-60-52(27-21-2)41-44-75(13,14)69(60)48-57;1-2/h20-24,26-42,45-49,78H,1,3,43-44,50H2,2,4-19H3;1-2H/b27-21-,29-23-,51-31+,53-32+,58-42+,62-45-;. The molecular formula is C79H91N3. The molecule has 0 spiro atoms. The van der Waals surface area contributed by atoms with Crippen molar-refractivity contribution in [2.75, 3.05) is 22.2 Å². The zero-order valence-corrected chi connectivity index (χ0v) is 52.7. The number of rotatable bonds is 12. The molecule has 0 fully saturated rings. The van der Waals surface area contributed by atoms with Gasteiger partial charge in [-0.25, -0.2) is 0 Å². The summed E-state index contributed by atoms with van der Waals surface area (Å²) < 4.78 is 0. The molecule has 0 unspecified atom stereocenters. The zero-order valence-electron chi connectivity index (χ0n) is 52.7.